The van der Waals surface area contributed by atoms with Gasteiger partial charge in [0.1, 0.15) is 6.10 Å². The quantitative estimate of drug-likeness (QED) is 0.566. The van der Waals surface area contributed by atoms with Crippen molar-refractivity contribution in [2.45, 2.75) is 83.5 Å². The van der Waals surface area contributed by atoms with E-state index < -0.39 is 6.10 Å². The average molecular weight is 417 g/mol. The molecule has 5 aliphatic rings. The highest BCUT2D eigenvalue weighted by molar-refractivity contribution is 5.76. The molecule has 0 aromatic carbocycles. The lowest BCUT2D eigenvalue weighted by Crippen LogP contribution is -2.56. The van der Waals surface area contributed by atoms with Crippen molar-refractivity contribution in [2.24, 2.45) is 23.2 Å². The van der Waals surface area contributed by atoms with Crippen LogP contribution in [0.4, 0.5) is 0 Å². The lowest BCUT2D eigenvalue weighted by Gasteiger charge is -2.52. The van der Waals surface area contributed by atoms with Gasteiger partial charge in [0.25, 0.3) is 0 Å². The van der Waals surface area contributed by atoms with Crippen LogP contribution in [0, 0.1) is 23.2 Å². The Balaban J connectivity index is 1.25. The van der Waals surface area contributed by atoms with E-state index in [1.54, 1.807) is 0 Å². The molecule has 2 heterocycles. The normalized spacial score (nSPS) is 43.6. The van der Waals surface area contributed by atoms with Crippen LogP contribution in [-0.4, -0.2) is 71.8 Å². The molecule has 5 nitrogen and oxygen atoms in total. The van der Waals surface area contributed by atoms with Crippen molar-refractivity contribution in [2.75, 3.05) is 32.7 Å². The largest absolute Gasteiger partial charge is 0.461 e. The Kier molecular flexibility index (Phi) is 5.74. The van der Waals surface area contributed by atoms with Crippen molar-refractivity contribution < 1.29 is 14.6 Å². The third-order valence-electron chi connectivity index (χ3n) is 9.52. The molecule has 4 fully saturated rings. The molecule has 0 aromatic rings. The maximum absolute atomic E-state index is 12.9. The molecule has 2 saturated carbocycles. The summed E-state index contributed by atoms with van der Waals surface area (Å²) in [7, 11) is 0. The molecule has 5 heteroatoms. The van der Waals surface area contributed by atoms with Crippen LogP contribution in [0.15, 0.2) is 11.6 Å². The zero-order valence-corrected chi connectivity index (χ0v) is 18.9. The Labute approximate surface area is 181 Å². The smallest absolute Gasteiger partial charge is 0.311 e. The molecule has 6 atom stereocenters. The van der Waals surface area contributed by atoms with Gasteiger partial charge in [-0.3, -0.25) is 14.6 Å². The van der Waals surface area contributed by atoms with Crippen molar-refractivity contribution in [1.29, 1.82) is 0 Å². The van der Waals surface area contributed by atoms with Gasteiger partial charge >= 0.3 is 5.97 Å². The Morgan fingerprint density at radius 3 is 2.60 bits per heavy atom. The minimum absolute atomic E-state index is 0.0587. The minimum atomic E-state index is -0.488. The molecule has 0 aromatic heterocycles. The third kappa shape index (κ3) is 3.45. The van der Waals surface area contributed by atoms with Gasteiger partial charge in [0, 0.05) is 56.5 Å². The molecule has 3 aliphatic carbocycles. The second-order valence-electron chi connectivity index (χ2n) is 10.9. The number of aliphatic hydroxyl groups is 1. The zero-order chi connectivity index (χ0) is 20.9. The summed E-state index contributed by atoms with van der Waals surface area (Å²) in [4.78, 5) is 18.0. The van der Waals surface area contributed by atoms with Crippen LogP contribution in [0.5, 0.6) is 0 Å². The van der Waals surface area contributed by atoms with Crippen LogP contribution in [0.25, 0.3) is 0 Å². The van der Waals surface area contributed by atoms with Crippen molar-refractivity contribution in [3.8, 4) is 0 Å². The number of carbonyl (C=O) groups is 1. The van der Waals surface area contributed by atoms with Crippen molar-refractivity contribution in [1.82, 2.24) is 9.80 Å². The highest BCUT2D eigenvalue weighted by atomic mass is 16.6. The number of esters is 1. The van der Waals surface area contributed by atoms with E-state index in [0.717, 1.165) is 58.0 Å². The monoisotopic (exact) mass is 416 g/mol. The summed E-state index contributed by atoms with van der Waals surface area (Å²) < 4.78 is 5.86. The van der Waals surface area contributed by atoms with Gasteiger partial charge in [0.2, 0.25) is 0 Å². The summed E-state index contributed by atoms with van der Waals surface area (Å²) in [6, 6.07) is 0.778. The fourth-order valence-corrected chi connectivity index (χ4v) is 7.31. The highest BCUT2D eigenvalue weighted by Gasteiger charge is 2.59. The summed E-state index contributed by atoms with van der Waals surface area (Å²) in [5.74, 6) is 0.133. The molecule has 168 valence electrons. The molecule has 5 rings (SSSR count). The molecule has 0 radical (unpaired) electrons. The van der Waals surface area contributed by atoms with Crippen molar-refractivity contribution >= 4 is 5.97 Å². The van der Waals surface area contributed by atoms with Gasteiger partial charge in [0.15, 0.2) is 0 Å². The van der Waals surface area contributed by atoms with Crippen LogP contribution >= 0.6 is 0 Å². The number of fused-ring (bicyclic) bond motifs is 2. The molecular weight excluding hydrogens is 376 g/mol. The molecule has 0 amide bonds. The summed E-state index contributed by atoms with van der Waals surface area (Å²) in [6.45, 7) is 9.55. The summed E-state index contributed by atoms with van der Waals surface area (Å²) in [5, 5.41) is 11.5. The van der Waals surface area contributed by atoms with E-state index in [0.29, 0.717) is 5.92 Å². The number of carbonyl (C=O) groups excluding carboxylic acids is 1. The Morgan fingerprint density at radius 2 is 1.87 bits per heavy atom. The van der Waals surface area contributed by atoms with Gasteiger partial charge in [-0.15, -0.1) is 0 Å². The maximum atomic E-state index is 12.9. The molecule has 1 N–H and O–H groups in total. The molecule has 2 saturated heterocycles. The number of ether oxygens (including phenoxy) is 1. The third-order valence-corrected chi connectivity index (χ3v) is 9.52. The molecule has 30 heavy (non-hydrogen) atoms. The van der Waals surface area contributed by atoms with Gasteiger partial charge < -0.3 is 9.84 Å². The maximum Gasteiger partial charge on any atom is 0.311 e. The predicted molar refractivity (Wildman–Crippen MR) is 117 cm³/mol. The first-order chi connectivity index (χ1) is 14.5. The number of rotatable bonds is 3. The van der Waals surface area contributed by atoms with E-state index in [1.807, 2.05) is 0 Å². The molecule has 0 spiro atoms. The number of allylic oxidation sites excluding steroid dienone is 1. The molecule has 0 bridgehead atoms. The van der Waals surface area contributed by atoms with E-state index in [9.17, 15) is 9.90 Å². The van der Waals surface area contributed by atoms with Crippen LogP contribution < -0.4 is 0 Å². The fourth-order valence-electron chi connectivity index (χ4n) is 7.31. The Bertz CT molecular complexity index is 680. The zero-order valence-electron chi connectivity index (χ0n) is 18.9. The first kappa shape index (κ1) is 21.0. The van der Waals surface area contributed by atoms with Gasteiger partial charge in [-0.05, 0) is 31.6 Å². The summed E-state index contributed by atoms with van der Waals surface area (Å²) in [6.07, 6.45) is 11.6. The number of piperazine rings is 1. The second-order valence-corrected chi connectivity index (χ2v) is 10.9. The summed E-state index contributed by atoms with van der Waals surface area (Å²) in [5.41, 5.74) is 1.12. The van der Waals surface area contributed by atoms with E-state index in [4.69, 9.17) is 4.74 Å². The first-order valence-electron chi connectivity index (χ1n) is 12.5. The summed E-state index contributed by atoms with van der Waals surface area (Å²) >= 11 is 0. The van der Waals surface area contributed by atoms with E-state index >= 15 is 0 Å². The Morgan fingerprint density at radius 1 is 1.13 bits per heavy atom. The van der Waals surface area contributed by atoms with Gasteiger partial charge in [-0.25, -0.2) is 0 Å². The Hall–Kier alpha value is -0.910. The van der Waals surface area contributed by atoms with E-state index in [2.05, 4.69) is 29.7 Å². The van der Waals surface area contributed by atoms with Gasteiger partial charge in [-0.2, -0.15) is 0 Å². The number of hydrogen-bond acceptors (Lipinski definition) is 5. The number of hydrogen-bond donors (Lipinski definition) is 1. The standard InChI is InChI=1S/C25H40N2O3/c1-17-7-6-8-18-15-21-22(23(28)25(17,18)2)20(24(29)30-21)16-26-11-13-27(14-12-26)19-9-4-3-5-10-19/h8,17,19-23,28H,3-7,9-16H2,1-2H3/t17-,20-,21-,22-,23+,25-/m1/s1. The van der Waals surface area contributed by atoms with Crippen LogP contribution in [0.2, 0.25) is 0 Å². The van der Waals surface area contributed by atoms with Crippen LogP contribution in [0.3, 0.4) is 0 Å². The van der Waals surface area contributed by atoms with Gasteiger partial charge in [0.05, 0.1) is 12.0 Å². The van der Waals surface area contributed by atoms with Crippen LogP contribution in [-0.2, 0) is 9.53 Å². The highest BCUT2D eigenvalue weighted by Crippen LogP contribution is 2.56. The topological polar surface area (TPSA) is 53.0 Å². The minimum Gasteiger partial charge on any atom is -0.461 e. The van der Waals surface area contributed by atoms with Gasteiger partial charge in [-0.1, -0.05) is 44.8 Å². The van der Waals surface area contributed by atoms with Crippen molar-refractivity contribution in [3.05, 3.63) is 11.6 Å². The van der Waals surface area contributed by atoms with E-state index in [-0.39, 0.29) is 29.3 Å². The lowest BCUT2D eigenvalue weighted by atomic mass is 9.55. The molecule has 0 unspecified atom stereocenters. The SMILES string of the molecule is C[C@@H]1CCC=C2C[C@H]3OC(=O)[C@H](CN4CCN(C5CCCCC5)CC4)[C@H]3[C@H](O)[C@@]21C. The van der Waals surface area contributed by atoms with Crippen LogP contribution in [0.1, 0.15) is 65.2 Å². The predicted octanol–water partition coefficient (Wildman–Crippen LogP) is 3.22. The number of aliphatic hydroxyl groups excluding tert-OH is 1. The molecular formula is C25H40N2O3. The van der Waals surface area contributed by atoms with Crippen molar-refractivity contribution in [3.63, 3.8) is 0 Å². The fraction of sp³-hybridized carbons (Fsp3) is 0.880. The average Bonchev–Trinajstić information content (AvgIpc) is 3.07. The second kappa shape index (κ2) is 8.22. The number of nitrogens with zero attached hydrogens (tertiary/aromatic N) is 2. The molecule has 2 aliphatic heterocycles. The van der Waals surface area contributed by atoms with E-state index in [1.165, 1.54) is 37.7 Å². The lowest BCUT2D eigenvalue weighted by molar-refractivity contribution is -0.145. The first-order valence-corrected chi connectivity index (χ1v) is 12.5.